The molecule has 108 valence electrons. The smallest absolute Gasteiger partial charge is 0.217 e. The summed E-state index contributed by atoms with van der Waals surface area (Å²) in [5.41, 5.74) is 3.42. The first-order valence-corrected chi connectivity index (χ1v) is 6.83. The average molecular weight is 304 g/mol. The molecule has 0 saturated heterocycles. The Hall–Kier alpha value is -2.34. The topological polar surface area (TPSA) is 75.6 Å². The van der Waals surface area contributed by atoms with Gasteiger partial charge in [0.2, 0.25) is 5.91 Å². The number of fused-ring (bicyclic) bond motifs is 1. The second kappa shape index (κ2) is 5.21. The second-order valence-electron chi connectivity index (χ2n) is 4.90. The Morgan fingerprint density at radius 3 is 2.90 bits per heavy atom. The molecule has 0 radical (unpaired) electrons. The molecule has 0 atom stereocenters. The molecule has 0 unspecified atom stereocenters. The maximum atomic E-state index is 11.0. The van der Waals surface area contributed by atoms with Crippen molar-refractivity contribution < 1.29 is 4.79 Å². The number of nitrogens with one attached hydrogen (secondary N) is 2. The van der Waals surface area contributed by atoms with Crippen molar-refractivity contribution in [1.29, 1.82) is 0 Å². The van der Waals surface area contributed by atoms with E-state index in [4.69, 9.17) is 11.6 Å². The minimum atomic E-state index is -0.0630. The third-order valence-corrected chi connectivity index (χ3v) is 3.48. The van der Waals surface area contributed by atoms with Gasteiger partial charge in [-0.25, -0.2) is 0 Å². The molecule has 0 fully saturated rings. The fourth-order valence-electron chi connectivity index (χ4n) is 2.20. The van der Waals surface area contributed by atoms with Gasteiger partial charge in [-0.15, -0.1) is 5.10 Å². The van der Waals surface area contributed by atoms with Gasteiger partial charge in [0, 0.05) is 36.1 Å². The number of aromatic nitrogens is 4. The van der Waals surface area contributed by atoms with Gasteiger partial charge >= 0.3 is 0 Å². The molecule has 0 bridgehead atoms. The number of rotatable bonds is 3. The highest BCUT2D eigenvalue weighted by Crippen LogP contribution is 2.31. The zero-order valence-corrected chi connectivity index (χ0v) is 12.4. The van der Waals surface area contributed by atoms with Crippen LogP contribution in [0.25, 0.3) is 22.2 Å². The van der Waals surface area contributed by atoms with Gasteiger partial charge in [-0.3, -0.25) is 9.48 Å². The van der Waals surface area contributed by atoms with Gasteiger partial charge in [0.25, 0.3) is 0 Å². The van der Waals surface area contributed by atoms with Crippen LogP contribution in [0, 0.1) is 0 Å². The van der Waals surface area contributed by atoms with Crippen LogP contribution in [0.5, 0.6) is 0 Å². The van der Waals surface area contributed by atoms with Crippen molar-refractivity contribution in [2.24, 2.45) is 7.05 Å². The van der Waals surface area contributed by atoms with Crippen molar-refractivity contribution in [3.63, 3.8) is 0 Å². The number of H-pyrrole nitrogens is 1. The van der Waals surface area contributed by atoms with Crippen LogP contribution in [0.2, 0.25) is 5.02 Å². The molecule has 2 N–H and O–H groups in total. The van der Waals surface area contributed by atoms with E-state index in [1.165, 1.54) is 6.92 Å². The first-order chi connectivity index (χ1) is 10.0. The minimum Gasteiger partial charge on any atom is -0.357 e. The number of carbonyl (C=O) groups excluding carboxylic acids is 1. The molecule has 0 saturated carbocycles. The summed E-state index contributed by atoms with van der Waals surface area (Å²) < 4.78 is 1.63. The zero-order valence-electron chi connectivity index (χ0n) is 11.6. The van der Waals surface area contributed by atoms with Crippen LogP contribution >= 0.6 is 11.6 Å². The third-order valence-electron chi connectivity index (χ3n) is 3.17. The molecule has 2 heterocycles. The summed E-state index contributed by atoms with van der Waals surface area (Å²) in [5.74, 6) is -0.0630. The lowest BCUT2D eigenvalue weighted by Crippen LogP contribution is -2.18. The molecule has 0 aliphatic carbocycles. The number of aryl methyl sites for hydroxylation is 1. The maximum Gasteiger partial charge on any atom is 0.217 e. The first kappa shape index (κ1) is 13.6. The second-order valence-corrected chi connectivity index (χ2v) is 5.31. The Balaban J connectivity index is 2.00. The Kier molecular flexibility index (Phi) is 3.39. The summed E-state index contributed by atoms with van der Waals surface area (Å²) in [7, 11) is 1.81. The number of halogens is 1. The molecule has 3 rings (SSSR count). The standard InChI is InChI=1S/C14H14ClN5O/c1-8(21)16-6-10-3-9-4-12(15)11(5-13(9)17-10)14-7-20(2)19-18-14/h3-5,7,17H,6H2,1-2H3,(H,16,21). The van der Waals surface area contributed by atoms with Gasteiger partial charge in [-0.1, -0.05) is 16.8 Å². The Morgan fingerprint density at radius 2 is 2.24 bits per heavy atom. The van der Waals surface area contributed by atoms with Crippen molar-refractivity contribution in [2.45, 2.75) is 13.5 Å². The van der Waals surface area contributed by atoms with E-state index >= 15 is 0 Å². The fourth-order valence-corrected chi connectivity index (χ4v) is 2.46. The summed E-state index contributed by atoms with van der Waals surface area (Å²) >= 11 is 6.32. The van der Waals surface area contributed by atoms with Crippen molar-refractivity contribution in [3.05, 3.63) is 35.1 Å². The molecule has 1 amide bonds. The zero-order chi connectivity index (χ0) is 15.0. The predicted octanol–water partition coefficient (Wildman–Crippen LogP) is 2.25. The van der Waals surface area contributed by atoms with E-state index in [0.29, 0.717) is 11.6 Å². The van der Waals surface area contributed by atoms with Gasteiger partial charge in [0.15, 0.2) is 0 Å². The van der Waals surface area contributed by atoms with Crippen molar-refractivity contribution in [2.75, 3.05) is 0 Å². The van der Waals surface area contributed by atoms with Crippen LogP contribution in [0.4, 0.5) is 0 Å². The number of hydrogen-bond acceptors (Lipinski definition) is 3. The van der Waals surface area contributed by atoms with Gasteiger partial charge in [0.05, 0.1) is 17.8 Å². The van der Waals surface area contributed by atoms with Crippen molar-refractivity contribution in [3.8, 4) is 11.3 Å². The number of hydrogen-bond donors (Lipinski definition) is 2. The first-order valence-electron chi connectivity index (χ1n) is 6.45. The van der Waals surface area contributed by atoms with Crippen LogP contribution in [-0.4, -0.2) is 25.9 Å². The van der Waals surface area contributed by atoms with Crippen LogP contribution in [0.1, 0.15) is 12.6 Å². The van der Waals surface area contributed by atoms with Crippen molar-refractivity contribution >= 4 is 28.4 Å². The highest BCUT2D eigenvalue weighted by atomic mass is 35.5. The van der Waals surface area contributed by atoms with Gasteiger partial charge in [-0.2, -0.15) is 0 Å². The molecule has 3 aromatic rings. The fraction of sp³-hybridized carbons (Fsp3) is 0.214. The normalized spacial score (nSPS) is 11.0. The highest BCUT2D eigenvalue weighted by Gasteiger charge is 2.11. The Bertz CT molecular complexity index is 820. The molecule has 0 aliphatic heterocycles. The Labute approximate surface area is 126 Å². The lowest BCUT2D eigenvalue weighted by molar-refractivity contribution is -0.119. The quantitative estimate of drug-likeness (QED) is 0.779. The maximum absolute atomic E-state index is 11.0. The molecule has 7 heteroatoms. The van der Waals surface area contributed by atoms with Crippen molar-refractivity contribution in [1.82, 2.24) is 25.3 Å². The van der Waals surface area contributed by atoms with E-state index in [2.05, 4.69) is 20.6 Å². The van der Waals surface area contributed by atoms with Gasteiger partial charge < -0.3 is 10.3 Å². The SMILES string of the molecule is CC(=O)NCc1cc2cc(Cl)c(-c3cn(C)nn3)cc2[nH]1. The molecule has 0 aliphatic rings. The van der Waals surface area contributed by atoms with E-state index in [9.17, 15) is 4.79 Å². The summed E-state index contributed by atoms with van der Waals surface area (Å²) in [6.07, 6.45) is 1.81. The molecule has 2 aromatic heterocycles. The van der Waals surface area contributed by atoms with E-state index < -0.39 is 0 Å². The molecule has 0 spiro atoms. The summed E-state index contributed by atoms with van der Waals surface area (Å²) in [6, 6.07) is 5.80. The van der Waals surface area contributed by atoms with Gasteiger partial charge in [-0.05, 0) is 18.2 Å². The van der Waals surface area contributed by atoms with E-state index in [1.807, 2.05) is 31.4 Å². The van der Waals surface area contributed by atoms with Gasteiger partial charge in [0.1, 0.15) is 5.69 Å². The third kappa shape index (κ3) is 2.75. The van der Waals surface area contributed by atoms with E-state index in [1.54, 1.807) is 4.68 Å². The minimum absolute atomic E-state index is 0.0630. The summed E-state index contributed by atoms with van der Waals surface area (Å²) in [6.45, 7) is 1.95. The molecule has 6 nitrogen and oxygen atoms in total. The van der Waals surface area contributed by atoms with E-state index in [-0.39, 0.29) is 5.91 Å². The number of amides is 1. The Morgan fingerprint density at radius 1 is 1.43 bits per heavy atom. The largest absolute Gasteiger partial charge is 0.357 e. The lowest BCUT2D eigenvalue weighted by Gasteiger charge is -2.00. The van der Waals surface area contributed by atoms with E-state index in [0.717, 1.165) is 27.9 Å². The number of carbonyl (C=O) groups is 1. The predicted molar refractivity (Wildman–Crippen MR) is 80.8 cm³/mol. The molecular formula is C14H14ClN5O. The van der Waals surface area contributed by atoms with Crippen LogP contribution in [0.3, 0.4) is 0 Å². The highest BCUT2D eigenvalue weighted by molar-refractivity contribution is 6.34. The molecule has 1 aromatic carbocycles. The number of benzene rings is 1. The lowest BCUT2D eigenvalue weighted by atomic mass is 10.1. The summed E-state index contributed by atoms with van der Waals surface area (Å²) in [5, 5.41) is 12.4. The summed E-state index contributed by atoms with van der Waals surface area (Å²) in [4.78, 5) is 14.2. The van der Waals surface area contributed by atoms with Crippen LogP contribution in [0.15, 0.2) is 24.4 Å². The van der Waals surface area contributed by atoms with Crippen LogP contribution < -0.4 is 5.32 Å². The average Bonchev–Trinajstić information content (AvgIpc) is 3.01. The number of aromatic amines is 1. The monoisotopic (exact) mass is 303 g/mol. The molecular weight excluding hydrogens is 290 g/mol. The number of nitrogens with zero attached hydrogens (tertiary/aromatic N) is 3. The molecule has 21 heavy (non-hydrogen) atoms. The van der Waals surface area contributed by atoms with Crippen LogP contribution in [-0.2, 0) is 18.4 Å².